The summed E-state index contributed by atoms with van der Waals surface area (Å²) in [6.45, 7) is 0. The summed E-state index contributed by atoms with van der Waals surface area (Å²) < 4.78 is 43.6. The fourth-order valence-electron chi connectivity index (χ4n) is 1.65. The Bertz CT molecular complexity index is 765. The first-order valence-corrected chi connectivity index (χ1v) is 8.09. The van der Waals surface area contributed by atoms with Crippen molar-refractivity contribution in [2.24, 2.45) is 0 Å². The van der Waals surface area contributed by atoms with Gasteiger partial charge in [-0.3, -0.25) is 0 Å². The van der Waals surface area contributed by atoms with E-state index >= 15 is 0 Å². The second kappa shape index (κ2) is 5.23. The third-order valence-corrected chi connectivity index (χ3v) is 5.29. The fraction of sp³-hybridized carbons (Fsp3) is 0.0833. The number of rotatable bonds is 2. The summed E-state index contributed by atoms with van der Waals surface area (Å²) in [5, 5.41) is 1.91. The molecule has 2 heterocycles. The topological polar surface area (TPSA) is 26.0 Å². The molecule has 0 spiro atoms. The molecule has 0 bridgehead atoms. The smallest absolute Gasteiger partial charge is 0.435 e. The molecular formula is C12H5F3INOS2. The number of thioether (sulfide) groups is 1. The van der Waals surface area contributed by atoms with Gasteiger partial charge in [-0.1, -0.05) is 0 Å². The zero-order valence-electron chi connectivity index (χ0n) is 9.57. The van der Waals surface area contributed by atoms with Crippen LogP contribution in [-0.4, -0.2) is 10.5 Å². The summed E-state index contributed by atoms with van der Waals surface area (Å²) in [7, 11) is 0. The molecule has 0 unspecified atom stereocenters. The minimum atomic E-state index is -4.30. The molecule has 0 aliphatic rings. The van der Waals surface area contributed by atoms with E-state index in [9.17, 15) is 13.2 Å². The van der Waals surface area contributed by atoms with Gasteiger partial charge in [-0.25, -0.2) is 4.98 Å². The van der Waals surface area contributed by atoms with Gasteiger partial charge in [-0.2, -0.15) is 13.2 Å². The minimum absolute atomic E-state index is 0.103. The number of hydrogen-bond acceptors (Lipinski definition) is 4. The molecule has 8 heteroatoms. The average Bonchev–Trinajstić information content (AvgIpc) is 2.91. The van der Waals surface area contributed by atoms with Crippen LogP contribution in [0.15, 0.2) is 39.0 Å². The van der Waals surface area contributed by atoms with E-state index < -0.39 is 5.51 Å². The third-order valence-electron chi connectivity index (χ3n) is 2.40. The number of nitrogens with zero attached hydrogens (tertiary/aromatic N) is 1. The largest absolute Gasteiger partial charge is 0.446 e. The van der Waals surface area contributed by atoms with Crippen LogP contribution in [0, 0.1) is 3.57 Å². The van der Waals surface area contributed by atoms with E-state index in [1.165, 1.54) is 29.5 Å². The maximum absolute atomic E-state index is 12.3. The molecule has 3 aromatic rings. The van der Waals surface area contributed by atoms with Gasteiger partial charge in [0.15, 0.2) is 5.58 Å². The summed E-state index contributed by atoms with van der Waals surface area (Å²) in [5.41, 5.74) is -3.39. The highest BCUT2D eigenvalue weighted by atomic mass is 127. The zero-order chi connectivity index (χ0) is 14.3. The Morgan fingerprint density at radius 1 is 1.25 bits per heavy atom. The van der Waals surface area contributed by atoms with Gasteiger partial charge in [0.2, 0.25) is 5.89 Å². The van der Waals surface area contributed by atoms with Gasteiger partial charge in [0.25, 0.3) is 0 Å². The lowest BCUT2D eigenvalue weighted by Crippen LogP contribution is -1.98. The molecule has 104 valence electrons. The Balaban J connectivity index is 2.02. The van der Waals surface area contributed by atoms with Gasteiger partial charge >= 0.3 is 5.51 Å². The van der Waals surface area contributed by atoms with Crippen molar-refractivity contribution in [3.63, 3.8) is 0 Å². The molecule has 0 N–H and O–H groups in total. The Kier molecular flexibility index (Phi) is 3.71. The highest BCUT2D eigenvalue weighted by Gasteiger charge is 2.29. The van der Waals surface area contributed by atoms with Crippen molar-refractivity contribution in [2.75, 3.05) is 0 Å². The number of alkyl halides is 3. The van der Waals surface area contributed by atoms with Gasteiger partial charge in [0, 0.05) is 8.47 Å². The molecule has 0 amide bonds. The van der Waals surface area contributed by atoms with E-state index in [0.29, 0.717) is 17.0 Å². The van der Waals surface area contributed by atoms with E-state index in [1.54, 1.807) is 0 Å². The number of thiophene rings is 1. The van der Waals surface area contributed by atoms with E-state index in [2.05, 4.69) is 27.6 Å². The first-order chi connectivity index (χ1) is 9.42. The molecule has 0 radical (unpaired) electrons. The van der Waals surface area contributed by atoms with Crippen molar-refractivity contribution in [2.45, 2.75) is 10.4 Å². The van der Waals surface area contributed by atoms with Gasteiger partial charge in [-0.05, 0) is 64.0 Å². The Morgan fingerprint density at radius 2 is 2.05 bits per heavy atom. The lowest BCUT2D eigenvalue weighted by atomic mass is 10.3. The van der Waals surface area contributed by atoms with Crippen LogP contribution in [0.4, 0.5) is 13.2 Å². The Morgan fingerprint density at radius 3 is 2.70 bits per heavy atom. The first kappa shape index (κ1) is 14.2. The fourth-order valence-corrected chi connectivity index (χ4v) is 3.97. The highest BCUT2D eigenvalue weighted by molar-refractivity contribution is 14.1. The lowest BCUT2D eigenvalue weighted by molar-refractivity contribution is -0.0328. The first-order valence-electron chi connectivity index (χ1n) is 5.32. The molecule has 2 aromatic heterocycles. The number of fused-ring (bicyclic) bond motifs is 1. The molecule has 0 saturated carbocycles. The van der Waals surface area contributed by atoms with E-state index in [-0.39, 0.29) is 16.7 Å². The normalized spacial score (nSPS) is 12.2. The van der Waals surface area contributed by atoms with Crippen LogP contribution in [0.2, 0.25) is 0 Å². The van der Waals surface area contributed by atoms with Gasteiger partial charge in [-0.15, -0.1) is 11.3 Å². The number of aromatic nitrogens is 1. The molecule has 0 atom stereocenters. The van der Waals surface area contributed by atoms with Crippen molar-refractivity contribution in [3.05, 3.63) is 33.2 Å². The van der Waals surface area contributed by atoms with Crippen molar-refractivity contribution in [3.8, 4) is 10.8 Å². The quantitative estimate of drug-likeness (QED) is 0.384. The number of oxazole rings is 1. The zero-order valence-corrected chi connectivity index (χ0v) is 13.4. The number of halogens is 4. The van der Waals surface area contributed by atoms with Crippen LogP contribution in [0.1, 0.15) is 0 Å². The monoisotopic (exact) mass is 427 g/mol. The van der Waals surface area contributed by atoms with E-state index in [4.69, 9.17) is 4.42 Å². The molecule has 0 saturated heterocycles. The molecule has 0 aliphatic carbocycles. The summed E-state index contributed by atoms with van der Waals surface area (Å²) in [6, 6.07) is 6.22. The van der Waals surface area contributed by atoms with Crippen LogP contribution >= 0.6 is 45.7 Å². The van der Waals surface area contributed by atoms with Crippen LogP contribution in [0.5, 0.6) is 0 Å². The van der Waals surface area contributed by atoms with Crippen molar-refractivity contribution >= 4 is 56.8 Å². The molecule has 3 rings (SSSR count). The predicted octanol–water partition coefficient (Wildman–Crippen LogP) is 5.77. The number of benzene rings is 1. The third kappa shape index (κ3) is 2.96. The molecule has 2 nitrogen and oxygen atoms in total. The maximum atomic E-state index is 12.3. The van der Waals surface area contributed by atoms with Gasteiger partial charge < -0.3 is 4.42 Å². The van der Waals surface area contributed by atoms with Crippen molar-refractivity contribution in [1.29, 1.82) is 0 Å². The lowest BCUT2D eigenvalue weighted by Gasteiger charge is -2.04. The minimum Gasteiger partial charge on any atom is -0.435 e. The van der Waals surface area contributed by atoms with Crippen LogP contribution in [-0.2, 0) is 0 Å². The second-order valence-corrected chi connectivity index (χ2v) is 7.01. The second-order valence-electron chi connectivity index (χ2n) is 3.79. The molecular weight excluding hydrogens is 422 g/mol. The molecule has 0 aliphatic heterocycles. The standard InChI is InChI=1S/C12H5F3INOS2/c13-12(14,15)20-6-1-2-9-8(5-6)17-11(18-9)10-7(16)3-4-19-10/h1-5H. The molecule has 20 heavy (non-hydrogen) atoms. The summed E-state index contributed by atoms with van der Waals surface area (Å²) >= 11 is 3.49. The summed E-state index contributed by atoms with van der Waals surface area (Å²) in [5.74, 6) is 0.438. The molecule has 0 fully saturated rings. The number of hydrogen-bond donors (Lipinski definition) is 0. The van der Waals surface area contributed by atoms with Crippen LogP contribution in [0.25, 0.3) is 21.9 Å². The molecule has 1 aromatic carbocycles. The van der Waals surface area contributed by atoms with E-state index in [1.807, 2.05) is 11.4 Å². The maximum Gasteiger partial charge on any atom is 0.446 e. The summed E-state index contributed by atoms with van der Waals surface area (Å²) in [4.78, 5) is 5.25. The predicted molar refractivity (Wildman–Crippen MR) is 82.0 cm³/mol. The Labute approximate surface area is 133 Å². The Hall–Kier alpha value is -0.740. The van der Waals surface area contributed by atoms with E-state index in [0.717, 1.165) is 8.45 Å². The van der Waals surface area contributed by atoms with Crippen LogP contribution < -0.4 is 0 Å². The van der Waals surface area contributed by atoms with Crippen molar-refractivity contribution in [1.82, 2.24) is 4.98 Å². The highest BCUT2D eigenvalue weighted by Crippen LogP contribution is 2.39. The van der Waals surface area contributed by atoms with Crippen LogP contribution in [0.3, 0.4) is 0 Å². The van der Waals surface area contributed by atoms with Gasteiger partial charge in [0.1, 0.15) is 10.4 Å². The average molecular weight is 427 g/mol. The SMILES string of the molecule is FC(F)(F)Sc1ccc2oc(-c3sccc3I)nc2c1. The van der Waals surface area contributed by atoms with Crippen molar-refractivity contribution < 1.29 is 17.6 Å². The summed E-state index contributed by atoms with van der Waals surface area (Å²) in [6.07, 6.45) is 0. The van der Waals surface area contributed by atoms with Gasteiger partial charge in [0.05, 0.1) is 0 Å².